The lowest BCUT2D eigenvalue weighted by molar-refractivity contribution is 0.286. The van der Waals surface area contributed by atoms with Gasteiger partial charge in [-0.25, -0.2) is 31.6 Å². The van der Waals surface area contributed by atoms with Crippen molar-refractivity contribution in [2.75, 3.05) is 24.7 Å². The highest BCUT2D eigenvalue weighted by atomic mass is 32.2. The number of fused-ring (bicyclic) bond motifs is 1. The summed E-state index contributed by atoms with van der Waals surface area (Å²) >= 11 is 1.27. The molecule has 0 radical (unpaired) electrons. The molecule has 0 saturated carbocycles. The number of anilines is 1. The van der Waals surface area contributed by atoms with Gasteiger partial charge >= 0.3 is 0 Å². The Morgan fingerprint density at radius 2 is 2.00 bits per heavy atom. The zero-order valence-corrected chi connectivity index (χ0v) is 23.2. The zero-order valence-electron chi connectivity index (χ0n) is 21.6. The van der Waals surface area contributed by atoms with Crippen LogP contribution in [-0.2, 0) is 29.6 Å². The highest BCUT2D eigenvalue weighted by Gasteiger charge is 2.27. The first-order valence-electron chi connectivity index (χ1n) is 12.6. The molecule has 1 fully saturated rings. The third-order valence-electron chi connectivity index (χ3n) is 6.96. The van der Waals surface area contributed by atoms with Gasteiger partial charge in [0.1, 0.15) is 5.82 Å². The molecule has 10 nitrogen and oxygen atoms in total. The van der Waals surface area contributed by atoms with E-state index in [-0.39, 0.29) is 18.1 Å². The van der Waals surface area contributed by atoms with Crippen LogP contribution in [-0.4, -0.2) is 56.8 Å². The average Bonchev–Trinajstić information content (AvgIpc) is 3.51. The molecule has 2 N–H and O–H groups in total. The van der Waals surface area contributed by atoms with Crippen LogP contribution < -0.4 is 5.32 Å². The average molecular weight is 570 g/mol. The Morgan fingerprint density at radius 3 is 2.67 bits per heavy atom. The van der Waals surface area contributed by atoms with Crippen LogP contribution in [0, 0.1) is 17.1 Å². The molecule has 39 heavy (non-hydrogen) atoms. The fourth-order valence-corrected chi connectivity index (χ4v) is 6.63. The van der Waals surface area contributed by atoms with Crippen LogP contribution in [0.3, 0.4) is 0 Å². The van der Waals surface area contributed by atoms with Crippen LogP contribution in [0.2, 0.25) is 0 Å². The minimum atomic E-state index is -3.20. The summed E-state index contributed by atoms with van der Waals surface area (Å²) in [6.07, 6.45) is 3.35. The van der Waals surface area contributed by atoms with Crippen molar-refractivity contribution in [2.45, 2.75) is 45.3 Å². The van der Waals surface area contributed by atoms with Gasteiger partial charge in [-0.1, -0.05) is 18.3 Å². The van der Waals surface area contributed by atoms with E-state index in [0.29, 0.717) is 60.2 Å². The number of nitriles is 1. The first kappa shape index (κ1) is 27.1. The largest absolute Gasteiger partial charge is 0.391 e. The molecule has 0 atom stereocenters. The number of halogens is 1. The standard InChI is InChI=1S/C26H28FN7O3S2/c1-3-20-22(14-29-26-31-25(23(15-35)38-26)19-5-4-18(27)12-17(19)13-28)34-24(30-20)7-6-21(32-34)16-8-10-33(11-9-16)39(2,36)37/h4-7,12,16,35H,3,8-11,14-15H2,1-2H3,(H,29,31). The molecule has 0 amide bonds. The molecule has 1 saturated heterocycles. The van der Waals surface area contributed by atoms with E-state index >= 15 is 0 Å². The van der Waals surface area contributed by atoms with E-state index in [4.69, 9.17) is 10.1 Å². The van der Waals surface area contributed by atoms with Crippen molar-refractivity contribution >= 4 is 32.1 Å². The molecule has 5 rings (SSSR count). The van der Waals surface area contributed by atoms with Gasteiger partial charge in [0, 0.05) is 24.6 Å². The third kappa shape index (κ3) is 5.51. The molecule has 0 unspecified atom stereocenters. The summed E-state index contributed by atoms with van der Waals surface area (Å²) in [5.74, 6) is -0.360. The lowest BCUT2D eigenvalue weighted by atomic mass is 9.94. The number of piperidine rings is 1. The zero-order chi connectivity index (χ0) is 27.7. The first-order valence-corrected chi connectivity index (χ1v) is 15.2. The Labute approximate surface area is 229 Å². The number of rotatable bonds is 8. The highest BCUT2D eigenvalue weighted by molar-refractivity contribution is 7.88. The van der Waals surface area contributed by atoms with E-state index in [2.05, 4.69) is 10.3 Å². The molecule has 4 aromatic rings. The molecule has 3 aromatic heterocycles. The van der Waals surface area contributed by atoms with Crippen LogP contribution in [0.1, 0.15) is 53.2 Å². The molecule has 0 spiro atoms. The van der Waals surface area contributed by atoms with Crippen molar-refractivity contribution in [1.82, 2.24) is 23.9 Å². The summed E-state index contributed by atoms with van der Waals surface area (Å²) in [6, 6.07) is 9.83. The fourth-order valence-electron chi connectivity index (χ4n) is 4.92. The summed E-state index contributed by atoms with van der Waals surface area (Å²) in [4.78, 5) is 9.91. The number of aromatic nitrogens is 4. The maximum atomic E-state index is 13.7. The van der Waals surface area contributed by atoms with Crippen LogP contribution in [0.4, 0.5) is 9.52 Å². The van der Waals surface area contributed by atoms with Crippen LogP contribution in [0.25, 0.3) is 16.9 Å². The Kier molecular flexibility index (Phi) is 7.64. The number of nitrogens with one attached hydrogen (secondary N) is 1. The number of hydrogen-bond acceptors (Lipinski definition) is 9. The minimum Gasteiger partial charge on any atom is -0.391 e. The second-order valence-corrected chi connectivity index (χ2v) is 12.5. The quantitative estimate of drug-likeness (QED) is 0.328. The monoisotopic (exact) mass is 569 g/mol. The second kappa shape index (κ2) is 11.0. The van der Waals surface area contributed by atoms with Gasteiger partial charge in [0.05, 0.1) is 58.7 Å². The third-order valence-corrected chi connectivity index (χ3v) is 9.26. The van der Waals surface area contributed by atoms with E-state index in [0.717, 1.165) is 28.8 Å². The predicted octanol–water partition coefficient (Wildman–Crippen LogP) is 3.67. The molecule has 13 heteroatoms. The summed E-state index contributed by atoms with van der Waals surface area (Å²) in [7, 11) is -3.20. The number of aryl methyl sites for hydroxylation is 1. The number of nitrogens with zero attached hydrogens (tertiary/aromatic N) is 6. The fraction of sp³-hybridized carbons (Fsp3) is 0.385. The molecule has 4 heterocycles. The normalized spacial score (nSPS) is 15.1. The molecular weight excluding hydrogens is 541 g/mol. The number of sulfonamides is 1. The number of benzene rings is 1. The van der Waals surface area contributed by atoms with Crippen molar-refractivity contribution in [2.24, 2.45) is 0 Å². The molecule has 0 aliphatic carbocycles. The van der Waals surface area contributed by atoms with Crippen molar-refractivity contribution in [3.8, 4) is 17.3 Å². The van der Waals surface area contributed by atoms with Crippen molar-refractivity contribution in [1.29, 1.82) is 5.26 Å². The smallest absolute Gasteiger partial charge is 0.211 e. The number of aliphatic hydroxyl groups is 1. The Balaban J connectivity index is 1.40. The second-order valence-electron chi connectivity index (χ2n) is 9.43. The summed E-state index contributed by atoms with van der Waals surface area (Å²) < 4.78 is 40.8. The van der Waals surface area contributed by atoms with E-state index in [9.17, 15) is 23.2 Å². The van der Waals surface area contributed by atoms with E-state index in [1.54, 1.807) is 0 Å². The van der Waals surface area contributed by atoms with E-state index in [1.165, 1.54) is 34.0 Å². The van der Waals surface area contributed by atoms with Crippen LogP contribution >= 0.6 is 11.3 Å². The lowest BCUT2D eigenvalue weighted by Crippen LogP contribution is -2.37. The van der Waals surface area contributed by atoms with Crippen molar-refractivity contribution in [3.63, 3.8) is 0 Å². The van der Waals surface area contributed by atoms with Gasteiger partial charge < -0.3 is 10.4 Å². The SMILES string of the molecule is CCc1nc2ccc(C3CCN(S(C)(=O)=O)CC3)nn2c1CNc1nc(-c2ccc(F)cc2C#N)c(CO)s1. The van der Waals surface area contributed by atoms with Gasteiger partial charge in [0.15, 0.2) is 10.8 Å². The lowest BCUT2D eigenvalue weighted by Gasteiger charge is -2.29. The minimum absolute atomic E-state index is 0.149. The van der Waals surface area contributed by atoms with Gasteiger partial charge in [0.2, 0.25) is 10.0 Å². The van der Waals surface area contributed by atoms with Crippen molar-refractivity contribution < 1.29 is 17.9 Å². The number of imidazole rings is 1. The number of thiazole rings is 1. The molecule has 1 aliphatic heterocycles. The maximum Gasteiger partial charge on any atom is 0.211 e. The summed E-state index contributed by atoms with van der Waals surface area (Å²) in [5, 5.41) is 28.2. The Hall–Kier alpha value is -3.44. The van der Waals surface area contributed by atoms with Gasteiger partial charge in [-0.3, -0.25) is 0 Å². The molecule has 1 aromatic carbocycles. The number of hydrogen-bond donors (Lipinski definition) is 2. The molecule has 204 valence electrons. The molecular formula is C26H28FN7O3S2. The maximum absolute atomic E-state index is 13.7. The summed E-state index contributed by atoms with van der Waals surface area (Å²) in [6.45, 7) is 3.08. The van der Waals surface area contributed by atoms with Crippen LogP contribution in [0.5, 0.6) is 0 Å². The first-order chi connectivity index (χ1) is 18.7. The van der Waals surface area contributed by atoms with Gasteiger partial charge in [0.25, 0.3) is 0 Å². The Bertz CT molecular complexity index is 1670. The van der Waals surface area contributed by atoms with Gasteiger partial charge in [-0.15, -0.1) is 0 Å². The predicted molar refractivity (Wildman–Crippen MR) is 146 cm³/mol. The van der Waals surface area contributed by atoms with Crippen LogP contribution in [0.15, 0.2) is 30.3 Å². The van der Waals surface area contributed by atoms with Crippen molar-refractivity contribution in [3.05, 3.63) is 63.7 Å². The number of aliphatic hydroxyl groups excluding tert-OH is 1. The summed E-state index contributed by atoms with van der Waals surface area (Å²) in [5.41, 5.74) is 4.45. The van der Waals surface area contributed by atoms with Gasteiger partial charge in [-0.05, 0) is 49.6 Å². The van der Waals surface area contributed by atoms with E-state index in [1.807, 2.05) is 29.6 Å². The highest BCUT2D eigenvalue weighted by Crippen LogP contribution is 2.34. The topological polar surface area (TPSA) is 137 Å². The van der Waals surface area contributed by atoms with E-state index < -0.39 is 15.8 Å². The molecule has 1 aliphatic rings. The van der Waals surface area contributed by atoms with Gasteiger partial charge in [-0.2, -0.15) is 10.4 Å². The molecule has 0 bridgehead atoms. The Morgan fingerprint density at radius 1 is 1.23 bits per heavy atom.